The van der Waals surface area contributed by atoms with Gasteiger partial charge in [0.25, 0.3) is 5.91 Å². The summed E-state index contributed by atoms with van der Waals surface area (Å²) in [6.45, 7) is 1.16. The van der Waals surface area contributed by atoms with Crippen molar-refractivity contribution in [2.45, 2.75) is 18.9 Å². The quantitative estimate of drug-likeness (QED) is 0.596. The Morgan fingerprint density at radius 1 is 1.17 bits per heavy atom. The average Bonchev–Trinajstić information content (AvgIpc) is 3.26. The van der Waals surface area contributed by atoms with E-state index in [2.05, 4.69) is 26.2 Å². The van der Waals surface area contributed by atoms with Crippen molar-refractivity contribution in [3.8, 4) is 0 Å². The Hall–Kier alpha value is -2.97. The molecular formula is C22H20BrN3O4. The summed E-state index contributed by atoms with van der Waals surface area (Å²) in [4.78, 5) is 28.7. The number of nitrogens with zero attached hydrogens (tertiary/aromatic N) is 1. The van der Waals surface area contributed by atoms with E-state index in [-0.39, 0.29) is 17.6 Å². The zero-order chi connectivity index (χ0) is 21.1. The van der Waals surface area contributed by atoms with Crippen LogP contribution in [0.2, 0.25) is 0 Å². The fraction of sp³-hybridized carbons (Fsp3) is 0.227. The lowest BCUT2D eigenvalue weighted by molar-refractivity contribution is 0.0854. The number of carbonyl (C=O) groups is 2. The van der Waals surface area contributed by atoms with E-state index in [9.17, 15) is 9.59 Å². The fourth-order valence-corrected chi connectivity index (χ4v) is 3.65. The summed E-state index contributed by atoms with van der Waals surface area (Å²) in [7, 11) is 0. The van der Waals surface area contributed by atoms with E-state index in [0.717, 1.165) is 29.3 Å². The number of ether oxygens (including phenoxy) is 1. The summed E-state index contributed by atoms with van der Waals surface area (Å²) in [5, 5.41) is 3.69. The predicted molar refractivity (Wildman–Crippen MR) is 115 cm³/mol. The van der Waals surface area contributed by atoms with Gasteiger partial charge in [-0.05, 0) is 61.4 Å². The molecule has 2 amide bonds. The SMILES string of the molecule is NC(=O)c1ccc(N=c2oc3ccc(Br)cc3cc2C(=O)NC[C@@H]2CCCO2)cc1. The molecule has 0 radical (unpaired) electrons. The van der Waals surface area contributed by atoms with Crippen molar-refractivity contribution in [3.63, 3.8) is 0 Å². The smallest absolute Gasteiger partial charge is 0.256 e. The largest absolute Gasteiger partial charge is 0.438 e. The zero-order valence-electron chi connectivity index (χ0n) is 16.1. The first-order valence-corrected chi connectivity index (χ1v) is 10.4. The Kier molecular flexibility index (Phi) is 5.96. The second-order valence-corrected chi connectivity index (χ2v) is 7.93. The molecule has 0 spiro atoms. The Bertz CT molecular complexity index is 1170. The van der Waals surface area contributed by atoms with E-state index in [0.29, 0.717) is 28.9 Å². The summed E-state index contributed by atoms with van der Waals surface area (Å²) >= 11 is 3.44. The predicted octanol–water partition coefficient (Wildman–Crippen LogP) is 3.44. The van der Waals surface area contributed by atoms with Gasteiger partial charge in [-0.1, -0.05) is 15.9 Å². The number of carbonyl (C=O) groups excluding carboxylic acids is 2. The lowest BCUT2D eigenvalue weighted by Crippen LogP contribution is -2.34. The molecular weight excluding hydrogens is 450 g/mol. The van der Waals surface area contributed by atoms with Crippen molar-refractivity contribution >= 4 is 44.4 Å². The third kappa shape index (κ3) is 4.60. The molecule has 1 aliphatic heterocycles. The first kappa shape index (κ1) is 20.3. The Labute approximate surface area is 181 Å². The highest BCUT2D eigenvalue weighted by atomic mass is 79.9. The highest BCUT2D eigenvalue weighted by molar-refractivity contribution is 9.10. The summed E-state index contributed by atoms with van der Waals surface area (Å²) < 4.78 is 12.4. The minimum absolute atomic E-state index is 0.0298. The third-order valence-electron chi connectivity index (χ3n) is 4.85. The van der Waals surface area contributed by atoms with Crippen LogP contribution in [0.4, 0.5) is 5.69 Å². The van der Waals surface area contributed by atoms with E-state index in [4.69, 9.17) is 14.9 Å². The highest BCUT2D eigenvalue weighted by Crippen LogP contribution is 2.20. The molecule has 154 valence electrons. The summed E-state index contributed by atoms with van der Waals surface area (Å²) in [5.74, 6) is -0.805. The van der Waals surface area contributed by atoms with Gasteiger partial charge in [-0.2, -0.15) is 0 Å². The summed E-state index contributed by atoms with van der Waals surface area (Å²) in [5.41, 5.74) is 7.30. The zero-order valence-corrected chi connectivity index (χ0v) is 17.6. The van der Waals surface area contributed by atoms with E-state index in [1.54, 1.807) is 30.3 Å². The van der Waals surface area contributed by atoms with Gasteiger partial charge < -0.3 is 20.2 Å². The normalized spacial score (nSPS) is 16.7. The molecule has 1 atom stereocenters. The topological polar surface area (TPSA) is 107 Å². The lowest BCUT2D eigenvalue weighted by atomic mass is 10.1. The maximum absolute atomic E-state index is 12.9. The number of fused-ring (bicyclic) bond motifs is 1. The maximum Gasteiger partial charge on any atom is 0.256 e. The number of nitrogens with two attached hydrogens (primary N) is 1. The van der Waals surface area contributed by atoms with Crippen LogP contribution in [0.3, 0.4) is 0 Å². The maximum atomic E-state index is 12.9. The summed E-state index contributed by atoms with van der Waals surface area (Å²) in [6, 6.07) is 13.8. The Morgan fingerprint density at radius 3 is 2.67 bits per heavy atom. The van der Waals surface area contributed by atoms with E-state index in [1.807, 2.05) is 18.2 Å². The van der Waals surface area contributed by atoms with Gasteiger partial charge in [-0.15, -0.1) is 0 Å². The van der Waals surface area contributed by atoms with Crippen LogP contribution in [-0.2, 0) is 4.74 Å². The fourth-order valence-electron chi connectivity index (χ4n) is 3.27. The lowest BCUT2D eigenvalue weighted by Gasteiger charge is -2.11. The van der Waals surface area contributed by atoms with Crippen molar-refractivity contribution in [2.24, 2.45) is 10.7 Å². The van der Waals surface area contributed by atoms with Crippen LogP contribution in [-0.4, -0.2) is 31.1 Å². The molecule has 2 heterocycles. The van der Waals surface area contributed by atoms with Crippen LogP contribution >= 0.6 is 15.9 Å². The van der Waals surface area contributed by atoms with Gasteiger partial charge in [0.15, 0.2) is 0 Å². The third-order valence-corrected chi connectivity index (χ3v) is 5.34. The minimum Gasteiger partial charge on any atom is -0.438 e. The number of hydrogen-bond donors (Lipinski definition) is 2. The molecule has 1 aliphatic rings. The van der Waals surface area contributed by atoms with Crippen LogP contribution < -0.4 is 16.6 Å². The number of primary amides is 1. The number of halogens is 1. The number of benzene rings is 2. The number of rotatable bonds is 5. The molecule has 0 aliphatic carbocycles. The van der Waals surface area contributed by atoms with E-state index >= 15 is 0 Å². The van der Waals surface area contributed by atoms with Crippen molar-refractivity contribution in [1.29, 1.82) is 0 Å². The molecule has 0 unspecified atom stereocenters. The first-order chi connectivity index (χ1) is 14.5. The molecule has 0 saturated carbocycles. The van der Waals surface area contributed by atoms with Gasteiger partial charge in [0, 0.05) is 28.6 Å². The summed E-state index contributed by atoms with van der Waals surface area (Å²) in [6.07, 6.45) is 1.96. The first-order valence-electron chi connectivity index (χ1n) is 9.57. The van der Waals surface area contributed by atoms with Crippen LogP contribution in [0.1, 0.15) is 33.6 Å². The molecule has 4 rings (SSSR count). The van der Waals surface area contributed by atoms with Crippen LogP contribution in [0, 0.1) is 0 Å². The Balaban J connectivity index is 1.73. The van der Waals surface area contributed by atoms with Crippen molar-refractivity contribution in [1.82, 2.24) is 5.32 Å². The standard InChI is InChI=1S/C22H20BrN3O4/c23-15-5-8-19-14(10-15)11-18(21(28)25-12-17-2-1-9-29-17)22(30-19)26-16-6-3-13(4-7-16)20(24)27/h3-8,10-11,17H,1-2,9,12H2,(H2,24,27)(H,25,28)/t17-/m0/s1. The number of amides is 2. The Morgan fingerprint density at radius 2 is 1.97 bits per heavy atom. The minimum atomic E-state index is -0.517. The van der Waals surface area contributed by atoms with Gasteiger partial charge in [0.2, 0.25) is 11.5 Å². The van der Waals surface area contributed by atoms with Gasteiger partial charge in [0.05, 0.1) is 11.8 Å². The van der Waals surface area contributed by atoms with E-state index in [1.165, 1.54) is 0 Å². The molecule has 1 aromatic heterocycles. The number of hydrogen-bond acceptors (Lipinski definition) is 5. The van der Waals surface area contributed by atoms with Crippen LogP contribution in [0.15, 0.2) is 62.4 Å². The molecule has 8 heteroatoms. The van der Waals surface area contributed by atoms with Crippen LogP contribution in [0.5, 0.6) is 0 Å². The second-order valence-electron chi connectivity index (χ2n) is 7.02. The van der Waals surface area contributed by atoms with Crippen LogP contribution in [0.25, 0.3) is 11.0 Å². The number of nitrogens with one attached hydrogen (secondary N) is 1. The second kappa shape index (κ2) is 8.81. The molecule has 30 heavy (non-hydrogen) atoms. The van der Waals surface area contributed by atoms with Crippen molar-refractivity contribution in [2.75, 3.05) is 13.2 Å². The molecule has 2 aromatic carbocycles. The molecule has 3 aromatic rings. The molecule has 1 saturated heterocycles. The highest BCUT2D eigenvalue weighted by Gasteiger charge is 2.18. The van der Waals surface area contributed by atoms with Crippen molar-refractivity contribution < 1.29 is 18.7 Å². The monoisotopic (exact) mass is 469 g/mol. The van der Waals surface area contributed by atoms with Gasteiger partial charge in [-0.25, -0.2) is 4.99 Å². The molecule has 3 N–H and O–H groups in total. The van der Waals surface area contributed by atoms with E-state index < -0.39 is 5.91 Å². The van der Waals surface area contributed by atoms with Gasteiger partial charge in [0.1, 0.15) is 11.1 Å². The molecule has 1 fully saturated rings. The average molecular weight is 470 g/mol. The van der Waals surface area contributed by atoms with Crippen molar-refractivity contribution in [3.05, 3.63) is 69.7 Å². The van der Waals surface area contributed by atoms with Gasteiger partial charge in [-0.3, -0.25) is 9.59 Å². The molecule has 0 bridgehead atoms. The van der Waals surface area contributed by atoms with Gasteiger partial charge >= 0.3 is 0 Å². The molecule has 7 nitrogen and oxygen atoms in total.